The minimum Gasteiger partial charge on any atom is -0.506 e. The van der Waals surface area contributed by atoms with Gasteiger partial charge in [0.25, 0.3) is 57.4 Å². The van der Waals surface area contributed by atoms with Crippen molar-refractivity contribution in [2.24, 2.45) is 0 Å². The first-order valence-electron chi connectivity index (χ1n) is 29.3. The molecular weight excluding hydrogens is 1660 g/mol. The number of thiazole rings is 3. The molecule has 10 aromatic heterocycles. The Hall–Kier alpha value is -6.90. The first kappa shape index (κ1) is 86.0. The van der Waals surface area contributed by atoms with Crippen molar-refractivity contribution >= 4 is 131 Å². The van der Waals surface area contributed by atoms with Crippen LogP contribution in [0.3, 0.4) is 0 Å². The zero-order valence-electron chi connectivity index (χ0n) is 55.3. The van der Waals surface area contributed by atoms with E-state index in [1.165, 1.54) is 89.4 Å². The third kappa shape index (κ3) is 26.3. The average Bonchev–Trinajstić information content (AvgIpc) is 0.996. The van der Waals surface area contributed by atoms with Crippen LogP contribution in [0.2, 0.25) is 10.0 Å². The van der Waals surface area contributed by atoms with Crippen LogP contribution in [0.15, 0.2) is 120 Å². The number of pyridine rings is 2. The van der Waals surface area contributed by atoms with Gasteiger partial charge < -0.3 is 29.8 Å². The molecule has 0 saturated carbocycles. The van der Waals surface area contributed by atoms with Gasteiger partial charge >= 0.3 is 0 Å². The second-order valence-corrected chi connectivity index (χ2v) is 30.9. The molecule has 0 aliphatic carbocycles. The van der Waals surface area contributed by atoms with Gasteiger partial charge in [0, 0.05) is 120 Å². The van der Waals surface area contributed by atoms with Gasteiger partial charge in [-0.25, -0.2) is 39.9 Å². The minimum atomic E-state index is -3.26. The molecule has 10 heterocycles. The van der Waals surface area contributed by atoms with Crippen LogP contribution >= 0.6 is 120 Å². The summed E-state index contributed by atoms with van der Waals surface area (Å²) in [5.41, 5.74) is 2.65. The Kier molecular flexibility index (Phi) is 31.5. The Bertz CT molecular complexity index is 4890. The van der Waals surface area contributed by atoms with Gasteiger partial charge in [0.15, 0.2) is 25.8 Å². The summed E-state index contributed by atoms with van der Waals surface area (Å²) in [6.45, 7) is 9.21. The highest BCUT2D eigenvalue weighted by Crippen LogP contribution is 2.36. The van der Waals surface area contributed by atoms with E-state index in [4.69, 9.17) is 27.9 Å². The SMILES string of the molecule is CC(F)(F)c1cc(=O)[nH]c(SCc2c(O)cncc2Cl)n1.CCc1ncsc1CS(=O)c1nc(C(C)(F)F)cc(=O)[nH]1.CCc1ncsc1CSc1nc(C(C)(F)F)c(Br)c(=O)[nH]1.COc1cncc(Cl)c1CSc1nc(C(C)(F)F)cc(=O)[nH]1.Cc1ncsc1CSc1nc(C(C)(F)F)cc(=O)[nH]1. The standard InChI is InChI=1S/C13H12ClF2N3O2S.C12H12BrF2N3OS2.C12H10ClF2N3O2S.C12H13F2N3O2S2.C11H11F2N3OS2/c1-13(15,16)10-3-11(20)19-12(18-10)22-6-7-8(14)4-17-5-9(7)21-2;1-3-6-7(21-5-16-6)4-20-11-17-9(12(2,14)15)8(13)10(19)18-11;1-12(14,15)9-2-10(20)18-11(17-9)21-5-6-7(13)3-16-4-8(6)19;1-3-7-8(20-6-15-7)5-21(19)11-16-9(12(2,13)14)4-10(18)17-11;1-6-7(19-5-14-6)4-18-10-15-8(11(2,12)13)3-9(17)16-10/h3-5H,6H2,1-2H3,(H,18,19,20);5H,3-4H2,1-2H3,(H,17,18,19);2-4,19H,5H2,1H3,(H,17,18,20);4,6H,3,5H2,1-2H3,(H,16,17,18);3,5H,4H2,1-2H3,(H,15,16,17). The number of aryl methyl sites for hydroxylation is 3. The monoisotopic (exact) mass is 1710 g/mol. The molecule has 104 heavy (non-hydrogen) atoms. The number of hydrogen-bond acceptors (Lipinski definition) is 25. The van der Waals surface area contributed by atoms with E-state index in [1.54, 1.807) is 16.5 Å². The number of methoxy groups -OCH3 is 1. The van der Waals surface area contributed by atoms with E-state index in [9.17, 15) is 77.2 Å². The second kappa shape index (κ2) is 38.1. The third-order valence-corrected chi connectivity index (χ3v) is 22.3. The summed E-state index contributed by atoms with van der Waals surface area (Å²) in [4.78, 5) is 111. The molecule has 44 heteroatoms. The Balaban J connectivity index is 0.000000204. The molecule has 0 fully saturated rings. The molecule has 1 unspecified atom stereocenters. The van der Waals surface area contributed by atoms with Crippen molar-refractivity contribution in [1.29, 1.82) is 0 Å². The number of aromatic hydroxyl groups is 1. The van der Waals surface area contributed by atoms with E-state index < -0.39 is 96.7 Å². The summed E-state index contributed by atoms with van der Waals surface area (Å²) in [7, 11) is -0.238. The summed E-state index contributed by atoms with van der Waals surface area (Å²) >= 11 is 23.6. The maximum atomic E-state index is 13.4. The molecule has 23 nitrogen and oxygen atoms in total. The topological polar surface area (TPSA) is 340 Å². The van der Waals surface area contributed by atoms with E-state index in [2.05, 4.69) is 90.7 Å². The Morgan fingerprint density at radius 2 is 0.923 bits per heavy atom. The van der Waals surface area contributed by atoms with Gasteiger partial charge in [-0.15, -0.1) is 34.0 Å². The lowest BCUT2D eigenvalue weighted by Crippen LogP contribution is -2.20. The van der Waals surface area contributed by atoms with Gasteiger partial charge in [0.2, 0.25) is 0 Å². The molecule has 0 spiro atoms. The highest BCUT2D eigenvalue weighted by molar-refractivity contribution is 9.10. The lowest BCUT2D eigenvalue weighted by molar-refractivity contribution is 0.0104. The zero-order valence-corrected chi connectivity index (χ0v) is 64.9. The molecule has 0 aromatic carbocycles. The van der Waals surface area contributed by atoms with Gasteiger partial charge in [0.1, 0.15) is 44.4 Å². The summed E-state index contributed by atoms with van der Waals surface area (Å²) in [6, 6.07) is 3.07. The summed E-state index contributed by atoms with van der Waals surface area (Å²) in [5, 5.41) is 10.5. The van der Waals surface area contributed by atoms with Crippen LogP contribution in [0, 0.1) is 6.92 Å². The summed E-state index contributed by atoms with van der Waals surface area (Å²) < 4.78 is 150. The Morgan fingerprint density at radius 1 is 0.529 bits per heavy atom. The van der Waals surface area contributed by atoms with Crippen LogP contribution in [-0.2, 0) is 82.0 Å². The van der Waals surface area contributed by atoms with Crippen LogP contribution in [0.4, 0.5) is 43.9 Å². The molecule has 10 aromatic rings. The molecule has 560 valence electrons. The molecular formula is C60H58BrCl2F10N15O8S8. The van der Waals surface area contributed by atoms with E-state index in [-0.39, 0.29) is 58.3 Å². The number of aromatic nitrogens is 15. The molecule has 0 amide bonds. The van der Waals surface area contributed by atoms with Crippen molar-refractivity contribution in [3.05, 3.63) is 203 Å². The van der Waals surface area contributed by atoms with Crippen LogP contribution < -0.4 is 32.5 Å². The number of nitrogens with zero attached hydrogens (tertiary/aromatic N) is 10. The van der Waals surface area contributed by atoms with Crippen molar-refractivity contribution < 1.29 is 58.0 Å². The number of thioether (sulfide) groups is 4. The number of alkyl halides is 10. The molecule has 0 radical (unpaired) electrons. The maximum absolute atomic E-state index is 13.4. The summed E-state index contributed by atoms with van der Waals surface area (Å²) in [6.07, 6.45) is 7.01. The molecule has 6 N–H and O–H groups in total. The quantitative estimate of drug-likeness (QED) is 0.0197. The zero-order chi connectivity index (χ0) is 77.2. The molecule has 0 aliphatic rings. The normalized spacial score (nSPS) is 12.0. The van der Waals surface area contributed by atoms with Gasteiger partial charge in [-0.2, -0.15) is 43.9 Å². The number of halogens is 13. The van der Waals surface area contributed by atoms with E-state index in [0.717, 1.165) is 86.8 Å². The fraction of sp³-hybridized carbons (Fsp3) is 0.350. The van der Waals surface area contributed by atoms with Crippen molar-refractivity contribution in [2.45, 2.75) is 152 Å². The van der Waals surface area contributed by atoms with E-state index >= 15 is 0 Å². The molecule has 0 saturated heterocycles. The highest BCUT2D eigenvalue weighted by Gasteiger charge is 2.33. The van der Waals surface area contributed by atoms with Crippen molar-refractivity contribution in [2.75, 3.05) is 7.11 Å². The largest absolute Gasteiger partial charge is 0.506 e. The van der Waals surface area contributed by atoms with Crippen molar-refractivity contribution in [3.8, 4) is 11.5 Å². The molecule has 10 rings (SSSR count). The number of nitrogens with one attached hydrogen (secondary N) is 5. The first-order valence-corrected chi connectivity index (χ1v) is 38.8. The predicted octanol–water partition coefficient (Wildman–Crippen LogP) is 15.3. The van der Waals surface area contributed by atoms with E-state index in [0.29, 0.717) is 73.6 Å². The number of hydrogen-bond donors (Lipinski definition) is 6. The van der Waals surface area contributed by atoms with Crippen molar-refractivity contribution in [1.82, 2.24) is 74.8 Å². The second-order valence-electron chi connectivity index (χ2n) is 21.3. The number of ether oxygens (including phenoxy) is 1. The maximum Gasteiger partial charge on any atom is 0.288 e. The van der Waals surface area contributed by atoms with Gasteiger partial charge in [-0.1, -0.05) is 84.1 Å². The van der Waals surface area contributed by atoms with Crippen LogP contribution in [0.1, 0.15) is 120 Å². The fourth-order valence-corrected chi connectivity index (χ4v) is 16.5. The fourth-order valence-electron chi connectivity index (χ4n) is 7.71. The lowest BCUT2D eigenvalue weighted by atomic mass is 10.2. The van der Waals surface area contributed by atoms with E-state index in [1.807, 2.05) is 20.8 Å². The average molecular weight is 1710 g/mol. The molecule has 0 aliphatic heterocycles. The smallest absolute Gasteiger partial charge is 0.288 e. The number of H-pyrrole nitrogens is 5. The van der Waals surface area contributed by atoms with Crippen LogP contribution in [0.5, 0.6) is 11.5 Å². The summed E-state index contributed by atoms with van der Waals surface area (Å²) in [5.74, 6) is -14.0. The molecule has 1 atom stereocenters. The van der Waals surface area contributed by atoms with Crippen molar-refractivity contribution in [3.63, 3.8) is 0 Å². The number of aromatic amines is 5. The molecule has 0 bridgehead atoms. The van der Waals surface area contributed by atoms with Crippen LogP contribution in [-0.4, -0.2) is 91.2 Å². The Morgan fingerprint density at radius 3 is 1.37 bits per heavy atom. The first-order chi connectivity index (χ1) is 48.6. The Labute approximate surface area is 633 Å². The van der Waals surface area contributed by atoms with Gasteiger partial charge in [-0.3, -0.25) is 43.1 Å². The van der Waals surface area contributed by atoms with Crippen LogP contribution in [0.25, 0.3) is 0 Å². The number of rotatable bonds is 23. The third-order valence-electron chi connectivity index (χ3n) is 12.9. The lowest BCUT2D eigenvalue weighted by Gasteiger charge is -2.12. The van der Waals surface area contributed by atoms with Gasteiger partial charge in [0.05, 0.1) is 79.7 Å². The predicted molar refractivity (Wildman–Crippen MR) is 385 cm³/mol. The highest BCUT2D eigenvalue weighted by atomic mass is 79.9. The van der Waals surface area contributed by atoms with Gasteiger partial charge in [-0.05, 0) is 35.7 Å². The minimum absolute atomic E-state index is 0.0197.